The third-order valence-corrected chi connectivity index (χ3v) is 4.17. The van der Waals surface area contributed by atoms with Crippen LogP contribution in [0.1, 0.15) is 38.3 Å². The number of hydrogen-bond donors (Lipinski definition) is 0. The van der Waals surface area contributed by atoms with E-state index >= 15 is 0 Å². The molecule has 2 rings (SSSR count). The minimum atomic E-state index is -0.701. The van der Waals surface area contributed by atoms with Gasteiger partial charge in [-0.15, -0.1) is 0 Å². The Labute approximate surface area is 152 Å². The zero-order valence-corrected chi connectivity index (χ0v) is 15.3. The van der Waals surface area contributed by atoms with E-state index in [1.54, 1.807) is 32.2 Å². The summed E-state index contributed by atoms with van der Waals surface area (Å²) >= 11 is 6.19. The summed E-state index contributed by atoms with van der Waals surface area (Å²) in [5.41, 5.74) is 0.480. The topological polar surface area (TPSA) is 74.7 Å². The van der Waals surface area contributed by atoms with Gasteiger partial charge in [0.25, 0.3) is 0 Å². The number of carbonyl (C=O) groups is 2. The Kier molecular flexibility index (Phi) is 6.82. The van der Waals surface area contributed by atoms with Crippen LogP contribution in [0.25, 0.3) is 0 Å². The van der Waals surface area contributed by atoms with Gasteiger partial charge in [-0.3, -0.25) is 4.98 Å². The van der Waals surface area contributed by atoms with E-state index in [9.17, 15) is 9.59 Å². The number of carbonyl (C=O) groups excluding carboxylic acids is 2. The lowest BCUT2D eigenvalue weighted by atomic mass is 9.95. The smallest absolute Gasteiger partial charge is 0.345 e. The third kappa shape index (κ3) is 4.72. The van der Waals surface area contributed by atoms with Crippen molar-refractivity contribution in [3.8, 4) is 5.75 Å². The normalized spacial score (nSPS) is 14.4. The van der Waals surface area contributed by atoms with Crippen molar-refractivity contribution < 1.29 is 23.8 Å². The molecule has 6 nitrogen and oxygen atoms in total. The summed E-state index contributed by atoms with van der Waals surface area (Å²) < 4.78 is 15.4. The highest BCUT2D eigenvalue weighted by Crippen LogP contribution is 2.47. The number of ether oxygens (including phenoxy) is 3. The lowest BCUT2D eigenvalue weighted by molar-refractivity contribution is -0.146. The van der Waals surface area contributed by atoms with Crippen LogP contribution < -0.4 is 4.74 Å². The Morgan fingerprint density at radius 3 is 2.36 bits per heavy atom. The van der Waals surface area contributed by atoms with Crippen molar-refractivity contribution in [1.29, 1.82) is 0 Å². The minimum Gasteiger partial charge on any atom is -0.493 e. The number of nitrogens with zero attached hydrogens (tertiary/aromatic N) is 1. The molecule has 1 unspecified atom stereocenters. The average molecular weight is 368 g/mol. The second kappa shape index (κ2) is 8.85. The molecule has 0 spiro atoms. The molecule has 1 aromatic rings. The summed E-state index contributed by atoms with van der Waals surface area (Å²) in [6.45, 7) is 3.70. The minimum absolute atomic E-state index is 0.121. The summed E-state index contributed by atoms with van der Waals surface area (Å²) in [5.74, 6) is -0.972. The van der Waals surface area contributed by atoms with Gasteiger partial charge in [-0.2, -0.15) is 0 Å². The molecule has 25 heavy (non-hydrogen) atoms. The van der Waals surface area contributed by atoms with Gasteiger partial charge in [-0.1, -0.05) is 17.7 Å². The number of halogens is 1. The highest BCUT2D eigenvalue weighted by Gasteiger charge is 2.36. The predicted octanol–water partition coefficient (Wildman–Crippen LogP) is 3.29. The number of aromatic nitrogens is 1. The first-order valence-electron chi connectivity index (χ1n) is 8.27. The van der Waals surface area contributed by atoms with Crippen molar-refractivity contribution in [2.45, 2.75) is 32.6 Å². The van der Waals surface area contributed by atoms with Crippen LogP contribution in [0.5, 0.6) is 5.75 Å². The molecule has 1 fully saturated rings. The number of hydrogen-bond acceptors (Lipinski definition) is 6. The third-order valence-electron chi connectivity index (χ3n) is 3.87. The summed E-state index contributed by atoms with van der Waals surface area (Å²) in [6.07, 6.45) is 5.10. The van der Waals surface area contributed by atoms with E-state index in [1.165, 1.54) is 7.11 Å². The monoisotopic (exact) mass is 367 g/mol. The zero-order valence-electron chi connectivity index (χ0n) is 14.6. The van der Waals surface area contributed by atoms with Crippen LogP contribution in [0.2, 0.25) is 5.02 Å². The van der Waals surface area contributed by atoms with Crippen molar-refractivity contribution in [2.75, 3.05) is 20.3 Å². The lowest BCUT2D eigenvalue weighted by Gasteiger charge is -2.17. The van der Waals surface area contributed by atoms with Crippen molar-refractivity contribution >= 4 is 23.5 Å². The fourth-order valence-electron chi connectivity index (χ4n) is 2.59. The van der Waals surface area contributed by atoms with Gasteiger partial charge in [0.2, 0.25) is 0 Å². The Morgan fingerprint density at radius 1 is 1.28 bits per heavy atom. The maximum Gasteiger partial charge on any atom is 0.345 e. The van der Waals surface area contributed by atoms with Crippen LogP contribution in [0.15, 0.2) is 23.9 Å². The van der Waals surface area contributed by atoms with E-state index in [1.807, 2.05) is 0 Å². The molecule has 0 aromatic carbocycles. The van der Waals surface area contributed by atoms with Crippen LogP contribution in [0.4, 0.5) is 0 Å². The Bertz CT molecular complexity index is 649. The molecule has 7 heteroatoms. The fourth-order valence-corrected chi connectivity index (χ4v) is 2.82. The highest BCUT2D eigenvalue weighted by atomic mass is 35.5. The van der Waals surface area contributed by atoms with E-state index in [-0.39, 0.29) is 30.6 Å². The maximum atomic E-state index is 12.2. The molecule has 0 aliphatic heterocycles. The summed E-state index contributed by atoms with van der Waals surface area (Å²) in [7, 11) is 1.51. The molecule has 0 amide bonds. The molecule has 0 bridgehead atoms. The van der Waals surface area contributed by atoms with E-state index < -0.39 is 11.9 Å². The van der Waals surface area contributed by atoms with Crippen LogP contribution in [0, 0.1) is 5.92 Å². The van der Waals surface area contributed by atoms with Crippen molar-refractivity contribution in [1.82, 2.24) is 4.98 Å². The Morgan fingerprint density at radius 2 is 1.88 bits per heavy atom. The van der Waals surface area contributed by atoms with Crippen molar-refractivity contribution in [2.24, 2.45) is 5.92 Å². The average Bonchev–Trinajstić information content (AvgIpc) is 3.40. The fraction of sp³-hybridized carbons (Fsp3) is 0.500. The Balaban J connectivity index is 2.47. The molecular weight excluding hydrogens is 346 g/mol. The first kappa shape index (κ1) is 19.2. The van der Waals surface area contributed by atoms with Gasteiger partial charge in [-0.25, -0.2) is 9.59 Å². The first-order chi connectivity index (χ1) is 12.0. The van der Waals surface area contributed by atoms with Gasteiger partial charge in [0.05, 0.1) is 31.0 Å². The molecule has 0 saturated heterocycles. The van der Waals surface area contributed by atoms with Crippen molar-refractivity contribution in [3.05, 3.63) is 34.6 Å². The van der Waals surface area contributed by atoms with Gasteiger partial charge in [0.15, 0.2) is 5.75 Å². The molecule has 1 heterocycles. The number of pyridine rings is 1. The quantitative estimate of drug-likeness (QED) is 0.304. The number of rotatable bonds is 8. The SMILES string of the molecule is CCOC(=O)C(=CC(c1nccc(Cl)c1OC)C1CC1)C(=O)OCC. The van der Waals surface area contributed by atoms with Crippen LogP contribution in [-0.2, 0) is 19.1 Å². The van der Waals surface area contributed by atoms with Crippen LogP contribution in [0.3, 0.4) is 0 Å². The van der Waals surface area contributed by atoms with E-state index in [0.29, 0.717) is 16.5 Å². The van der Waals surface area contributed by atoms with E-state index in [2.05, 4.69) is 4.98 Å². The molecule has 1 atom stereocenters. The zero-order chi connectivity index (χ0) is 18.4. The first-order valence-corrected chi connectivity index (χ1v) is 8.65. The molecule has 1 saturated carbocycles. The molecule has 1 aliphatic carbocycles. The number of esters is 2. The molecule has 1 aliphatic rings. The number of allylic oxidation sites excluding steroid dienone is 1. The van der Waals surface area contributed by atoms with Gasteiger partial charge >= 0.3 is 11.9 Å². The maximum absolute atomic E-state index is 12.2. The van der Waals surface area contributed by atoms with Crippen molar-refractivity contribution in [3.63, 3.8) is 0 Å². The highest BCUT2D eigenvalue weighted by molar-refractivity contribution is 6.32. The summed E-state index contributed by atoms with van der Waals surface area (Å²) in [6, 6.07) is 1.63. The second-order valence-electron chi connectivity index (χ2n) is 5.60. The second-order valence-corrected chi connectivity index (χ2v) is 6.00. The van der Waals surface area contributed by atoms with E-state index in [0.717, 1.165) is 12.8 Å². The van der Waals surface area contributed by atoms with Gasteiger partial charge in [-0.05, 0) is 38.7 Å². The lowest BCUT2D eigenvalue weighted by Crippen LogP contribution is -2.20. The van der Waals surface area contributed by atoms with Gasteiger partial charge in [0, 0.05) is 12.1 Å². The molecular formula is C18H22ClNO5. The molecule has 1 aromatic heterocycles. The number of methoxy groups -OCH3 is 1. The summed E-state index contributed by atoms with van der Waals surface area (Å²) in [4.78, 5) is 28.8. The summed E-state index contributed by atoms with van der Waals surface area (Å²) in [5, 5.41) is 0.431. The molecule has 0 N–H and O–H groups in total. The molecule has 136 valence electrons. The van der Waals surface area contributed by atoms with Crippen LogP contribution >= 0.6 is 11.6 Å². The Hall–Kier alpha value is -2.08. The standard InChI is InChI=1S/C18H22ClNO5/c1-4-24-17(21)13(18(22)25-5-2)10-12(11-6-7-11)15-16(23-3)14(19)8-9-20-15/h8-12H,4-7H2,1-3H3. The largest absolute Gasteiger partial charge is 0.493 e. The van der Waals surface area contributed by atoms with E-state index in [4.69, 9.17) is 25.8 Å². The van der Waals surface area contributed by atoms with Gasteiger partial charge in [0.1, 0.15) is 5.57 Å². The van der Waals surface area contributed by atoms with Crippen LogP contribution in [-0.4, -0.2) is 37.2 Å². The van der Waals surface area contributed by atoms with Gasteiger partial charge < -0.3 is 14.2 Å². The molecule has 0 radical (unpaired) electrons. The predicted molar refractivity (Wildman–Crippen MR) is 92.6 cm³/mol.